The van der Waals surface area contributed by atoms with Crippen LogP contribution in [0, 0.1) is 6.92 Å². The van der Waals surface area contributed by atoms with Gasteiger partial charge in [0.05, 0.1) is 18.2 Å². The molecule has 2 heterocycles. The van der Waals surface area contributed by atoms with E-state index in [1.54, 1.807) is 19.3 Å². The van der Waals surface area contributed by atoms with Crippen LogP contribution in [-0.4, -0.2) is 27.8 Å². The number of alkyl halides is 3. The normalized spacial score (nSPS) is 11.3. The number of benzene rings is 2. The molecule has 37 heavy (non-hydrogen) atoms. The van der Waals surface area contributed by atoms with Crippen molar-refractivity contribution in [3.05, 3.63) is 87.3 Å². The van der Waals surface area contributed by atoms with Crippen LogP contribution < -0.4 is 20.3 Å². The predicted molar refractivity (Wildman–Crippen MR) is 132 cm³/mol. The zero-order chi connectivity index (χ0) is 26.7. The molecule has 8 nitrogen and oxygen atoms in total. The number of anilines is 1. The lowest BCUT2D eigenvalue weighted by atomic mass is 9.98. The fourth-order valence-electron chi connectivity index (χ4n) is 3.48. The smallest absolute Gasteiger partial charge is 0.416 e. The van der Waals surface area contributed by atoms with Crippen molar-refractivity contribution in [3.63, 3.8) is 0 Å². The monoisotopic (exact) mass is 530 g/mol. The number of rotatable bonds is 7. The van der Waals surface area contributed by atoms with Gasteiger partial charge in [0.1, 0.15) is 12.4 Å². The molecule has 2 aromatic heterocycles. The Labute approximate surface area is 213 Å². The average molecular weight is 531 g/mol. The summed E-state index contributed by atoms with van der Waals surface area (Å²) in [7, 11) is 3.10. The fraction of sp³-hybridized carbons (Fsp3) is 0.200. The van der Waals surface area contributed by atoms with Gasteiger partial charge in [-0.15, -0.1) is 5.10 Å². The molecule has 192 valence electrons. The molecule has 0 radical (unpaired) electrons. The lowest BCUT2D eigenvalue weighted by Crippen LogP contribution is -2.21. The standard InChI is InChI=1S/C25H21F3N4O4S/c1-14-4-9-20(35-3)17(10-14)19-12-32(2)21(33)11-18(19)22(34)29-23-30-31-24(37-23)36-13-15-5-7-16(8-6-15)25(26,27)28/h4-12H,13H2,1-3H3,(H,29,30,34). The van der Waals surface area contributed by atoms with Crippen molar-refractivity contribution in [2.45, 2.75) is 19.7 Å². The molecule has 0 atom stereocenters. The molecule has 12 heteroatoms. The van der Waals surface area contributed by atoms with E-state index in [0.29, 0.717) is 22.4 Å². The van der Waals surface area contributed by atoms with Gasteiger partial charge in [0.15, 0.2) is 0 Å². The van der Waals surface area contributed by atoms with Crippen molar-refractivity contribution in [2.75, 3.05) is 12.4 Å². The maximum absolute atomic E-state index is 13.2. The van der Waals surface area contributed by atoms with Crippen LogP contribution in [0.3, 0.4) is 0 Å². The van der Waals surface area contributed by atoms with Crippen LogP contribution in [0.25, 0.3) is 11.1 Å². The number of hydrogen-bond acceptors (Lipinski definition) is 7. The summed E-state index contributed by atoms with van der Waals surface area (Å²) in [5.41, 5.74) is 1.56. The number of carbonyl (C=O) groups is 1. The van der Waals surface area contributed by atoms with Gasteiger partial charge in [-0.05, 0) is 48.1 Å². The molecule has 2 aromatic carbocycles. The van der Waals surface area contributed by atoms with E-state index in [1.165, 1.54) is 29.9 Å². The second kappa shape index (κ2) is 10.4. The lowest BCUT2D eigenvalue weighted by molar-refractivity contribution is -0.137. The third-order valence-electron chi connectivity index (χ3n) is 5.39. The van der Waals surface area contributed by atoms with Crippen molar-refractivity contribution in [2.24, 2.45) is 7.05 Å². The summed E-state index contributed by atoms with van der Waals surface area (Å²) in [6.45, 7) is 1.87. The number of amides is 1. The van der Waals surface area contributed by atoms with Gasteiger partial charge in [0, 0.05) is 30.4 Å². The molecule has 1 amide bonds. The van der Waals surface area contributed by atoms with E-state index in [0.717, 1.165) is 29.0 Å². The first-order valence-electron chi connectivity index (χ1n) is 10.8. The van der Waals surface area contributed by atoms with Crippen LogP contribution in [0.1, 0.15) is 27.0 Å². The van der Waals surface area contributed by atoms with Crippen molar-refractivity contribution in [3.8, 4) is 22.1 Å². The number of hydrogen-bond donors (Lipinski definition) is 1. The molecule has 0 aliphatic rings. The van der Waals surface area contributed by atoms with Crippen molar-refractivity contribution in [1.82, 2.24) is 14.8 Å². The second-order valence-corrected chi connectivity index (χ2v) is 9.00. The SMILES string of the molecule is COc1ccc(C)cc1-c1cn(C)c(=O)cc1C(=O)Nc1nnc(OCc2ccc(C(F)(F)F)cc2)s1. The van der Waals surface area contributed by atoms with Gasteiger partial charge >= 0.3 is 6.18 Å². The number of methoxy groups -OCH3 is 1. The molecule has 0 spiro atoms. The molecule has 4 aromatic rings. The van der Waals surface area contributed by atoms with Gasteiger partial charge in [-0.1, -0.05) is 28.9 Å². The maximum atomic E-state index is 13.2. The first kappa shape index (κ1) is 25.9. The first-order chi connectivity index (χ1) is 17.5. The van der Waals surface area contributed by atoms with Gasteiger partial charge < -0.3 is 14.0 Å². The number of nitrogens with zero attached hydrogens (tertiary/aromatic N) is 3. The molecule has 0 fully saturated rings. The van der Waals surface area contributed by atoms with E-state index in [9.17, 15) is 22.8 Å². The number of halogens is 3. The van der Waals surface area contributed by atoms with Crippen LogP contribution >= 0.6 is 11.3 Å². The topological polar surface area (TPSA) is 95.3 Å². The molecular formula is C25H21F3N4O4S. The Hall–Kier alpha value is -4.19. The number of nitrogens with one attached hydrogen (secondary N) is 1. The minimum atomic E-state index is -4.42. The molecule has 0 aliphatic carbocycles. The Kier molecular flexibility index (Phi) is 7.30. The van der Waals surface area contributed by atoms with Gasteiger partial charge in [0.2, 0.25) is 5.13 Å². The summed E-state index contributed by atoms with van der Waals surface area (Å²) in [6.07, 6.45) is -2.85. The second-order valence-electron chi connectivity index (χ2n) is 8.06. The van der Waals surface area contributed by atoms with Crippen LogP contribution in [0.5, 0.6) is 10.9 Å². The molecule has 1 N–H and O–H groups in total. The molecule has 0 bridgehead atoms. The number of carbonyl (C=O) groups excluding carboxylic acids is 1. The molecular weight excluding hydrogens is 509 g/mol. The van der Waals surface area contributed by atoms with Gasteiger partial charge in [-0.3, -0.25) is 14.9 Å². The van der Waals surface area contributed by atoms with Gasteiger partial charge in [-0.25, -0.2) is 0 Å². The number of aromatic nitrogens is 3. The summed E-state index contributed by atoms with van der Waals surface area (Å²) in [6, 6.07) is 11.3. The van der Waals surface area contributed by atoms with Crippen LogP contribution in [0.2, 0.25) is 0 Å². The van der Waals surface area contributed by atoms with Crippen molar-refractivity contribution in [1.29, 1.82) is 0 Å². The van der Waals surface area contributed by atoms with E-state index >= 15 is 0 Å². The molecule has 0 saturated carbocycles. The third kappa shape index (κ3) is 5.97. The lowest BCUT2D eigenvalue weighted by Gasteiger charge is -2.14. The van der Waals surface area contributed by atoms with E-state index in [4.69, 9.17) is 9.47 Å². The summed E-state index contributed by atoms with van der Waals surface area (Å²) >= 11 is 0.937. The van der Waals surface area contributed by atoms with Crippen LogP contribution in [-0.2, 0) is 19.8 Å². The Morgan fingerprint density at radius 2 is 1.81 bits per heavy atom. The molecule has 0 aliphatic heterocycles. The van der Waals surface area contributed by atoms with Gasteiger partial charge in [0.25, 0.3) is 16.7 Å². The summed E-state index contributed by atoms with van der Waals surface area (Å²) in [5.74, 6) is -0.0464. The predicted octanol–water partition coefficient (Wildman–Crippen LogP) is 5.07. The van der Waals surface area contributed by atoms with Crippen LogP contribution in [0.15, 0.2) is 59.5 Å². The van der Waals surface area contributed by atoms with Gasteiger partial charge in [-0.2, -0.15) is 13.2 Å². The van der Waals surface area contributed by atoms with Crippen molar-refractivity contribution >= 4 is 22.4 Å². The van der Waals surface area contributed by atoms with E-state index in [-0.39, 0.29) is 28.1 Å². The summed E-state index contributed by atoms with van der Waals surface area (Å²) in [4.78, 5) is 25.5. The zero-order valence-corrected chi connectivity index (χ0v) is 20.7. The third-order valence-corrected chi connectivity index (χ3v) is 6.14. The minimum Gasteiger partial charge on any atom is -0.496 e. The molecule has 0 unspecified atom stereocenters. The average Bonchev–Trinajstić information content (AvgIpc) is 3.31. The highest BCUT2D eigenvalue weighted by Crippen LogP contribution is 2.34. The number of ether oxygens (including phenoxy) is 2. The highest BCUT2D eigenvalue weighted by atomic mass is 32.1. The molecule has 0 saturated heterocycles. The zero-order valence-electron chi connectivity index (χ0n) is 19.9. The summed E-state index contributed by atoms with van der Waals surface area (Å²) < 4.78 is 50.5. The number of pyridine rings is 1. The van der Waals surface area contributed by atoms with Crippen LogP contribution in [0.4, 0.5) is 18.3 Å². The van der Waals surface area contributed by atoms with E-state index < -0.39 is 17.6 Å². The number of aryl methyl sites for hydroxylation is 2. The van der Waals surface area contributed by atoms with Crippen molar-refractivity contribution < 1.29 is 27.4 Å². The largest absolute Gasteiger partial charge is 0.496 e. The van der Waals surface area contributed by atoms with E-state index in [1.807, 2.05) is 19.1 Å². The fourth-order valence-corrected chi connectivity index (χ4v) is 4.07. The maximum Gasteiger partial charge on any atom is 0.416 e. The molecule has 4 rings (SSSR count). The Bertz CT molecular complexity index is 1500. The van der Waals surface area contributed by atoms with E-state index in [2.05, 4.69) is 15.5 Å². The quantitative estimate of drug-likeness (QED) is 0.359. The minimum absolute atomic E-state index is 0.0350. The summed E-state index contributed by atoms with van der Waals surface area (Å²) in [5, 5.41) is 10.6. The Morgan fingerprint density at radius 1 is 1.08 bits per heavy atom. The Morgan fingerprint density at radius 3 is 2.49 bits per heavy atom. The highest BCUT2D eigenvalue weighted by Gasteiger charge is 2.30. The highest BCUT2D eigenvalue weighted by molar-refractivity contribution is 7.17. The first-order valence-corrected chi connectivity index (χ1v) is 11.7. The Balaban J connectivity index is 1.52.